The van der Waals surface area contributed by atoms with Crippen molar-refractivity contribution in [2.75, 3.05) is 31.5 Å². The molecule has 1 fully saturated rings. The average Bonchev–Trinajstić information content (AvgIpc) is 2.70. The molecule has 1 saturated heterocycles. The van der Waals surface area contributed by atoms with Crippen LogP contribution >= 0.6 is 23.2 Å². The van der Waals surface area contributed by atoms with E-state index in [0.717, 1.165) is 5.56 Å². The van der Waals surface area contributed by atoms with Crippen LogP contribution in [0, 0.1) is 6.92 Å². The van der Waals surface area contributed by atoms with Gasteiger partial charge >= 0.3 is 0 Å². The maximum atomic E-state index is 12.8. The Bertz CT molecular complexity index is 989. The van der Waals surface area contributed by atoms with Gasteiger partial charge in [0.2, 0.25) is 15.9 Å². The summed E-state index contributed by atoms with van der Waals surface area (Å²) >= 11 is 12.0. The molecule has 1 aliphatic rings. The van der Waals surface area contributed by atoms with Gasteiger partial charge in [0.15, 0.2) is 0 Å². The summed E-state index contributed by atoms with van der Waals surface area (Å²) in [6.07, 6.45) is 0. The van der Waals surface area contributed by atoms with Crippen molar-refractivity contribution in [3.8, 4) is 0 Å². The second-order valence-electron chi connectivity index (χ2n) is 7.04. The summed E-state index contributed by atoms with van der Waals surface area (Å²) in [5, 5.41) is 3.66. The number of nitrogens with one attached hydrogen (secondary N) is 1. The molecule has 0 spiro atoms. The number of benzene rings is 2. The lowest BCUT2D eigenvalue weighted by atomic mass is 10.2. The van der Waals surface area contributed by atoms with Crippen molar-refractivity contribution in [2.24, 2.45) is 0 Å². The predicted molar refractivity (Wildman–Crippen MR) is 116 cm³/mol. The van der Waals surface area contributed by atoms with Crippen LogP contribution in [0.3, 0.4) is 0 Å². The van der Waals surface area contributed by atoms with E-state index in [1.165, 1.54) is 4.31 Å². The first-order valence-electron chi connectivity index (χ1n) is 9.25. The molecule has 0 aliphatic carbocycles. The number of carbonyl (C=O) groups is 1. The van der Waals surface area contributed by atoms with Crippen molar-refractivity contribution in [1.82, 2.24) is 9.21 Å². The number of rotatable bonds is 5. The molecule has 1 heterocycles. The van der Waals surface area contributed by atoms with Gasteiger partial charge in [-0.15, -0.1) is 0 Å². The average molecular weight is 456 g/mol. The van der Waals surface area contributed by atoms with Crippen LogP contribution in [-0.4, -0.2) is 55.8 Å². The van der Waals surface area contributed by atoms with Gasteiger partial charge in [0.1, 0.15) is 0 Å². The standard InChI is InChI=1S/C20H23Cl2N3O3S/c1-14-3-6-17(7-4-14)29(27,28)25-11-9-24(10-12-25)15(2)20(26)23-19-8-5-16(21)13-18(19)22/h3-8,13,15H,9-12H2,1-2H3,(H,23,26)/t15-/m0/s1. The number of piperazine rings is 1. The highest BCUT2D eigenvalue weighted by Crippen LogP contribution is 2.26. The van der Waals surface area contributed by atoms with Crippen LogP contribution in [0.5, 0.6) is 0 Å². The van der Waals surface area contributed by atoms with Crippen molar-refractivity contribution in [2.45, 2.75) is 24.8 Å². The minimum Gasteiger partial charge on any atom is -0.323 e. The zero-order valence-corrected chi connectivity index (χ0v) is 18.6. The largest absolute Gasteiger partial charge is 0.323 e. The van der Waals surface area contributed by atoms with E-state index in [-0.39, 0.29) is 5.91 Å². The Morgan fingerprint density at radius 3 is 2.24 bits per heavy atom. The maximum absolute atomic E-state index is 12.8. The molecule has 6 nitrogen and oxygen atoms in total. The van der Waals surface area contributed by atoms with Crippen LogP contribution in [0.4, 0.5) is 5.69 Å². The van der Waals surface area contributed by atoms with E-state index in [2.05, 4.69) is 5.32 Å². The third-order valence-corrected chi connectivity index (χ3v) is 7.51. The van der Waals surface area contributed by atoms with Gasteiger partial charge in [0.05, 0.1) is 21.6 Å². The van der Waals surface area contributed by atoms with E-state index in [4.69, 9.17) is 23.2 Å². The fourth-order valence-corrected chi connectivity index (χ4v) is 5.06. The molecule has 156 valence electrons. The summed E-state index contributed by atoms with van der Waals surface area (Å²) < 4.78 is 27.1. The number of hydrogen-bond acceptors (Lipinski definition) is 4. The van der Waals surface area contributed by atoms with Crippen LogP contribution in [0.1, 0.15) is 12.5 Å². The number of halogens is 2. The number of carbonyl (C=O) groups excluding carboxylic acids is 1. The highest BCUT2D eigenvalue weighted by atomic mass is 35.5. The smallest absolute Gasteiger partial charge is 0.243 e. The van der Waals surface area contributed by atoms with Gasteiger partial charge in [0.25, 0.3) is 0 Å². The molecule has 1 amide bonds. The highest BCUT2D eigenvalue weighted by Gasteiger charge is 2.31. The van der Waals surface area contributed by atoms with Gasteiger partial charge in [-0.25, -0.2) is 8.42 Å². The Labute approximate surface area is 181 Å². The molecule has 2 aromatic rings. The van der Waals surface area contributed by atoms with E-state index in [1.54, 1.807) is 49.4 Å². The summed E-state index contributed by atoms with van der Waals surface area (Å²) in [6, 6.07) is 11.3. The van der Waals surface area contributed by atoms with Crippen LogP contribution in [-0.2, 0) is 14.8 Å². The molecular weight excluding hydrogens is 433 g/mol. The fraction of sp³-hybridized carbons (Fsp3) is 0.350. The Hall–Kier alpha value is -1.64. The zero-order valence-electron chi connectivity index (χ0n) is 16.2. The third kappa shape index (κ3) is 5.10. The lowest BCUT2D eigenvalue weighted by Crippen LogP contribution is -2.53. The maximum Gasteiger partial charge on any atom is 0.243 e. The van der Waals surface area contributed by atoms with Crippen LogP contribution in [0.15, 0.2) is 47.4 Å². The minimum atomic E-state index is -3.53. The van der Waals surface area contributed by atoms with E-state index >= 15 is 0 Å². The van der Waals surface area contributed by atoms with Crippen molar-refractivity contribution >= 4 is 44.8 Å². The molecular formula is C20H23Cl2N3O3S. The molecule has 0 unspecified atom stereocenters. The second-order valence-corrected chi connectivity index (χ2v) is 9.82. The van der Waals surface area contributed by atoms with Gasteiger partial charge < -0.3 is 5.32 Å². The Balaban J connectivity index is 1.60. The van der Waals surface area contributed by atoms with Gasteiger partial charge in [0, 0.05) is 31.2 Å². The fourth-order valence-electron chi connectivity index (χ4n) is 3.18. The number of nitrogens with zero attached hydrogens (tertiary/aromatic N) is 2. The van der Waals surface area contributed by atoms with Gasteiger partial charge in [-0.05, 0) is 44.2 Å². The first-order chi connectivity index (χ1) is 13.7. The van der Waals surface area contributed by atoms with Crippen molar-refractivity contribution < 1.29 is 13.2 Å². The van der Waals surface area contributed by atoms with Crippen molar-refractivity contribution in [3.05, 3.63) is 58.1 Å². The highest BCUT2D eigenvalue weighted by molar-refractivity contribution is 7.89. The second kappa shape index (κ2) is 9.02. The topological polar surface area (TPSA) is 69.7 Å². The molecule has 0 aromatic heterocycles. The molecule has 0 saturated carbocycles. The Kier molecular flexibility index (Phi) is 6.86. The van der Waals surface area contributed by atoms with E-state index in [0.29, 0.717) is 46.8 Å². The summed E-state index contributed by atoms with van der Waals surface area (Å²) in [5.74, 6) is -0.205. The van der Waals surface area contributed by atoms with Gasteiger partial charge in [-0.3, -0.25) is 9.69 Å². The molecule has 2 aromatic carbocycles. The molecule has 1 aliphatic heterocycles. The Morgan fingerprint density at radius 2 is 1.66 bits per heavy atom. The lowest BCUT2D eigenvalue weighted by molar-refractivity contribution is -0.121. The third-order valence-electron chi connectivity index (χ3n) is 5.05. The van der Waals surface area contributed by atoms with Crippen LogP contribution < -0.4 is 5.32 Å². The summed E-state index contributed by atoms with van der Waals surface area (Å²) in [4.78, 5) is 14.9. The van der Waals surface area contributed by atoms with E-state index in [1.807, 2.05) is 11.8 Å². The van der Waals surface area contributed by atoms with E-state index in [9.17, 15) is 13.2 Å². The van der Waals surface area contributed by atoms with Crippen LogP contribution in [0.25, 0.3) is 0 Å². The van der Waals surface area contributed by atoms with Crippen molar-refractivity contribution in [3.63, 3.8) is 0 Å². The molecule has 1 N–H and O–H groups in total. The number of amides is 1. The van der Waals surface area contributed by atoms with E-state index < -0.39 is 16.1 Å². The van der Waals surface area contributed by atoms with Gasteiger partial charge in [-0.2, -0.15) is 4.31 Å². The SMILES string of the molecule is Cc1ccc(S(=O)(=O)N2CCN([C@@H](C)C(=O)Nc3ccc(Cl)cc3Cl)CC2)cc1. The molecule has 0 radical (unpaired) electrons. The van der Waals surface area contributed by atoms with Crippen LogP contribution in [0.2, 0.25) is 10.0 Å². The molecule has 3 rings (SSSR count). The number of aryl methyl sites for hydroxylation is 1. The summed E-state index contributed by atoms with van der Waals surface area (Å²) in [7, 11) is -3.53. The predicted octanol–water partition coefficient (Wildman–Crippen LogP) is 3.64. The molecule has 9 heteroatoms. The normalized spacial score (nSPS) is 17.1. The zero-order chi connectivity index (χ0) is 21.2. The minimum absolute atomic E-state index is 0.205. The first kappa shape index (κ1) is 22.1. The number of sulfonamides is 1. The Morgan fingerprint density at radius 1 is 1.03 bits per heavy atom. The summed E-state index contributed by atoms with van der Waals surface area (Å²) in [5.41, 5.74) is 1.50. The van der Waals surface area contributed by atoms with Crippen molar-refractivity contribution in [1.29, 1.82) is 0 Å². The van der Waals surface area contributed by atoms with Gasteiger partial charge in [-0.1, -0.05) is 40.9 Å². The summed E-state index contributed by atoms with van der Waals surface area (Å²) in [6.45, 7) is 5.30. The number of hydrogen-bond donors (Lipinski definition) is 1. The first-order valence-corrected chi connectivity index (χ1v) is 11.4. The quantitative estimate of drug-likeness (QED) is 0.746. The molecule has 0 bridgehead atoms. The number of anilines is 1. The lowest BCUT2D eigenvalue weighted by Gasteiger charge is -2.36. The monoisotopic (exact) mass is 455 g/mol. The molecule has 1 atom stereocenters. The molecule has 29 heavy (non-hydrogen) atoms.